The third kappa shape index (κ3) is 1.63. The van der Waals surface area contributed by atoms with E-state index in [4.69, 9.17) is 4.18 Å². The Labute approximate surface area is 101 Å². The Balaban J connectivity index is 2.30. The van der Waals surface area contributed by atoms with Gasteiger partial charge in [0.1, 0.15) is 0 Å². The zero-order valence-electron chi connectivity index (χ0n) is 9.43. The highest BCUT2D eigenvalue weighted by Crippen LogP contribution is 2.37. The molecule has 0 saturated heterocycles. The first-order chi connectivity index (χ1) is 8.15. The minimum absolute atomic E-state index is 0.418. The number of hydrogen-bond donors (Lipinski definition) is 0. The normalized spacial score (nSPS) is 16.9. The summed E-state index contributed by atoms with van der Waals surface area (Å²) in [6, 6.07) is 7.63. The molecule has 1 aliphatic rings. The van der Waals surface area contributed by atoms with Crippen LogP contribution in [0.15, 0.2) is 29.3 Å². The van der Waals surface area contributed by atoms with Gasteiger partial charge in [0.05, 0.1) is 0 Å². The predicted molar refractivity (Wildman–Crippen MR) is 64.0 cm³/mol. The first-order valence-corrected chi connectivity index (χ1v) is 6.28. The van der Waals surface area contributed by atoms with Gasteiger partial charge >= 0.3 is 0 Å². The molecule has 86 valence electrons. The zero-order chi connectivity index (χ0) is 12.0. The van der Waals surface area contributed by atoms with E-state index < -0.39 is 11.1 Å². The molecule has 0 radical (unpaired) electrons. The van der Waals surface area contributed by atoms with Crippen molar-refractivity contribution in [3.8, 4) is 17.0 Å². The van der Waals surface area contributed by atoms with Crippen molar-refractivity contribution < 1.29 is 8.39 Å². The van der Waals surface area contributed by atoms with Gasteiger partial charge in [-0.05, 0) is 38.1 Å². The molecule has 5 heteroatoms. The highest BCUT2D eigenvalue weighted by Gasteiger charge is 2.25. The second-order valence-corrected chi connectivity index (χ2v) is 4.95. The molecule has 0 aromatic carbocycles. The Bertz CT molecular complexity index is 640. The monoisotopic (exact) mass is 246 g/mol. The highest BCUT2D eigenvalue weighted by atomic mass is 32.2. The molecular formula is C12H10N2O2S. The molecule has 1 aliphatic heterocycles. The third-order valence-electron chi connectivity index (χ3n) is 2.60. The van der Waals surface area contributed by atoms with Crippen LogP contribution in [0.4, 0.5) is 0 Å². The van der Waals surface area contributed by atoms with Crippen LogP contribution in [0.5, 0.6) is 5.88 Å². The van der Waals surface area contributed by atoms with E-state index in [2.05, 4.69) is 9.97 Å². The number of aryl methyl sites for hydroxylation is 2. The summed E-state index contributed by atoms with van der Waals surface area (Å²) in [4.78, 5) is 8.51. The van der Waals surface area contributed by atoms with Crippen molar-refractivity contribution in [3.63, 3.8) is 0 Å². The molecule has 17 heavy (non-hydrogen) atoms. The van der Waals surface area contributed by atoms with Crippen molar-refractivity contribution in [1.29, 1.82) is 0 Å². The summed E-state index contributed by atoms with van der Waals surface area (Å²) in [5.41, 5.74) is 3.34. The fraction of sp³-hybridized carbons (Fsp3) is 0.167. The van der Waals surface area contributed by atoms with Gasteiger partial charge in [0, 0.05) is 22.5 Å². The van der Waals surface area contributed by atoms with Crippen LogP contribution < -0.4 is 4.18 Å². The summed E-state index contributed by atoms with van der Waals surface area (Å²) in [5, 5.41) is 0.475. The van der Waals surface area contributed by atoms with Crippen molar-refractivity contribution in [2.75, 3.05) is 0 Å². The maximum absolute atomic E-state index is 11.9. The average molecular weight is 246 g/mol. The Kier molecular flexibility index (Phi) is 2.22. The summed E-state index contributed by atoms with van der Waals surface area (Å²) in [6.07, 6.45) is 0. The Morgan fingerprint density at radius 3 is 2.41 bits per heavy atom. The van der Waals surface area contributed by atoms with Gasteiger partial charge in [0.25, 0.3) is 11.1 Å². The van der Waals surface area contributed by atoms with Crippen molar-refractivity contribution in [2.24, 2.45) is 0 Å². The third-order valence-corrected chi connectivity index (χ3v) is 3.54. The van der Waals surface area contributed by atoms with Crippen LogP contribution in [0.2, 0.25) is 0 Å². The number of fused-ring (bicyclic) bond motifs is 3. The summed E-state index contributed by atoms with van der Waals surface area (Å²) in [5.74, 6) is 0.418. The van der Waals surface area contributed by atoms with Gasteiger partial charge in [-0.15, -0.1) is 0 Å². The van der Waals surface area contributed by atoms with Gasteiger partial charge in [-0.3, -0.25) is 0 Å². The van der Waals surface area contributed by atoms with E-state index in [0.29, 0.717) is 10.9 Å². The predicted octanol–water partition coefficient (Wildman–Crippen LogP) is 2.18. The van der Waals surface area contributed by atoms with Gasteiger partial charge in [0.15, 0.2) is 5.03 Å². The largest absolute Gasteiger partial charge is 0.374 e. The van der Waals surface area contributed by atoms with Crippen LogP contribution in [0.1, 0.15) is 11.4 Å². The molecule has 2 aromatic heterocycles. The van der Waals surface area contributed by atoms with Crippen molar-refractivity contribution in [1.82, 2.24) is 9.97 Å². The summed E-state index contributed by atoms with van der Waals surface area (Å²) in [6.45, 7) is 3.73. The molecule has 0 saturated carbocycles. The quantitative estimate of drug-likeness (QED) is 0.715. The van der Waals surface area contributed by atoms with E-state index in [9.17, 15) is 4.21 Å². The first-order valence-electron chi connectivity index (χ1n) is 5.21. The van der Waals surface area contributed by atoms with E-state index in [-0.39, 0.29) is 0 Å². The summed E-state index contributed by atoms with van der Waals surface area (Å²) < 4.78 is 17.2. The number of pyridine rings is 2. The molecule has 1 unspecified atom stereocenters. The van der Waals surface area contributed by atoms with E-state index >= 15 is 0 Å². The Morgan fingerprint density at radius 2 is 1.65 bits per heavy atom. The molecule has 0 spiro atoms. The van der Waals surface area contributed by atoms with E-state index in [1.165, 1.54) is 0 Å². The minimum atomic E-state index is -1.57. The van der Waals surface area contributed by atoms with Crippen molar-refractivity contribution >= 4 is 11.1 Å². The molecule has 0 bridgehead atoms. The first kappa shape index (κ1) is 10.4. The number of rotatable bonds is 0. The molecule has 1 atom stereocenters. The lowest BCUT2D eigenvalue weighted by Crippen LogP contribution is -2.13. The standard InChI is InChI=1S/C12H10N2O2S/c1-7-3-5-9-10-6-4-8(2)14-12(10)17(15)16-11(9)13-7/h3-6H,1-2H3. The number of aromatic nitrogens is 2. The van der Waals surface area contributed by atoms with Crippen LogP contribution in [0, 0.1) is 13.8 Å². The van der Waals surface area contributed by atoms with Gasteiger partial charge in [-0.25, -0.2) is 14.2 Å². The van der Waals surface area contributed by atoms with Crippen LogP contribution in [0.25, 0.3) is 11.1 Å². The number of hydrogen-bond acceptors (Lipinski definition) is 4. The van der Waals surface area contributed by atoms with Gasteiger partial charge < -0.3 is 4.18 Å². The van der Waals surface area contributed by atoms with E-state index in [0.717, 1.165) is 22.5 Å². The van der Waals surface area contributed by atoms with Crippen LogP contribution in [-0.4, -0.2) is 14.2 Å². The lowest BCUT2D eigenvalue weighted by molar-refractivity contribution is 0.537. The topological polar surface area (TPSA) is 52.1 Å². The van der Waals surface area contributed by atoms with Crippen LogP contribution >= 0.6 is 0 Å². The second kappa shape index (κ2) is 3.63. The SMILES string of the molecule is Cc1ccc2c(n1)OS(=O)c1nc(C)ccc1-2. The molecule has 2 aromatic rings. The van der Waals surface area contributed by atoms with Crippen LogP contribution in [0.3, 0.4) is 0 Å². The fourth-order valence-electron chi connectivity index (χ4n) is 1.78. The molecule has 0 aliphatic carbocycles. The zero-order valence-corrected chi connectivity index (χ0v) is 10.2. The lowest BCUT2D eigenvalue weighted by Gasteiger charge is -2.17. The van der Waals surface area contributed by atoms with Crippen LogP contribution in [-0.2, 0) is 11.1 Å². The Hall–Kier alpha value is -1.75. The van der Waals surface area contributed by atoms with E-state index in [1.54, 1.807) is 0 Å². The molecule has 3 heterocycles. The molecular weight excluding hydrogens is 236 g/mol. The van der Waals surface area contributed by atoms with Gasteiger partial charge in [-0.1, -0.05) is 0 Å². The molecule has 4 nitrogen and oxygen atoms in total. The summed E-state index contributed by atoms with van der Waals surface area (Å²) in [7, 11) is 0. The van der Waals surface area contributed by atoms with Crippen molar-refractivity contribution in [2.45, 2.75) is 18.9 Å². The number of nitrogens with zero attached hydrogens (tertiary/aromatic N) is 2. The molecule has 0 amide bonds. The van der Waals surface area contributed by atoms with Gasteiger partial charge in [0.2, 0.25) is 5.88 Å². The fourth-order valence-corrected chi connectivity index (χ4v) is 2.70. The van der Waals surface area contributed by atoms with E-state index in [1.807, 2.05) is 38.1 Å². The highest BCUT2D eigenvalue weighted by molar-refractivity contribution is 7.80. The summed E-state index contributed by atoms with van der Waals surface area (Å²) >= 11 is -1.57. The Morgan fingerprint density at radius 1 is 1.00 bits per heavy atom. The second-order valence-electron chi connectivity index (χ2n) is 3.93. The maximum atomic E-state index is 11.9. The molecule has 3 rings (SSSR count). The molecule has 0 N–H and O–H groups in total. The average Bonchev–Trinajstić information content (AvgIpc) is 2.29. The molecule has 0 fully saturated rings. The lowest BCUT2D eigenvalue weighted by atomic mass is 10.1. The van der Waals surface area contributed by atoms with Gasteiger partial charge in [-0.2, -0.15) is 0 Å². The minimum Gasteiger partial charge on any atom is -0.374 e. The van der Waals surface area contributed by atoms with Crippen molar-refractivity contribution in [3.05, 3.63) is 35.7 Å². The maximum Gasteiger partial charge on any atom is 0.262 e. The smallest absolute Gasteiger partial charge is 0.262 e.